The Kier molecular flexibility index (Phi) is 20.5. The van der Waals surface area contributed by atoms with E-state index in [4.69, 9.17) is 49.2 Å². The van der Waals surface area contributed by atoms with E-state index in [1.165, 1.54) is 0 Å². The number of esters is 2. The van der Waals surface area contributed by atoms with Crippen LogP contribution in [0.5, 0.6) is 0 Å². The van der Waals surface area contributed by atoms with Gasteiger partial charge in [-0.3, -0.25) is 14.4 Å². The van der Waals surface area contributed by atoms with Gasteiger partial charge in [-0.25, -0.2) is 4.79 Å². The van der Waals surface area contributed by atoms with Crippen molar-refractivity contribution in [1.29, 1.82) is 0 Å². The Morgan fingerprint density at radius 2 is 1.47 bits per heavy atom. The predicted octanol–water partition coefficient (Wildman–Crippen LogP) is -3.95. The smallest absolute Gasteiger partial charge is 0.336 e. The van der Waals surface area contributed by atoms with Crippen LogP contribution in [-0.4, -0.2) is 224 Å². The van der Waals surface area contributed by atoms with Crippen molar-refractivity contribution in [3.05, 3.63) is 0 Å². The summed E-state index contributed by atoms with van der Waals surface area (Å²) in [6, 6.07) is 0. The molecule has 72 heavy (non-hydrogen) atoms. The quantitative estimate of drug-likeness (QED) is 0.0434. The van der Waals surface area contributed by atoms with Crippen LogP contribution in [0, 0.1) is 46.3 Å². The van der Waals surface area contributed by atoms with Gasteiger partial charge >= 0.3 is 23.9 Å². The Hall–Kier alpha value is -3.09. The Bertz CT molecular complexity index is 1840. The summed E-state index contributed by atoms with van der Waals surface area (Å²) < 4.78 is 27.1. The molecule has 414 valence electrons. The second kappa shape index (κ2) is 24.7. The summed E-state index contributed by atoms with van der Waals surface area (Å²) in [4.78, 5) is 58.5. The number of carboxylic acids is 2. The maximum absolute atomic E-state index is 13.2. The Morgan fingerprint density at radius 3 is 2.08 bits per heavy atom. The molecule has 2 heterocycles. The summed E-state index contributed by atoms with van der Waals surface area (Å²) in [6.45, 7) is 4.38. The molecule has 0 spiro atoms. The van der Waals surface area contributed by atoms with E-state index >= 15 is 0 Å². The van der Waals surface area contributed by atoms with Crippen molar-refractivity contribution >= 4 is 30.2 Å². The van der Waals surface area contributed by atoms with Gasteiger partial charge in [-0.05, 0) is 104 Å². The van der Waals surface area contributed by atoms with Crippen molar-refractivity contribution in [2.45, 2.75) is 195 Å². The second-order valence-electron chi connectivity index (χ2n) is 21.3. The molecular formula is C47H76O25. The van der Waals surface area contributed by atoms with E-state index in [1.54, 1.807) is 0 Å². The van der Waals surface area contributed by atoms with Crippen LogP contribution >= 0.6 is 0 Å². The SMILES string of the molecule is C[C@H](CCC(=O)OC[C@H]1O[C@@H](O[C@H]2[C@H](OC(=O)CC(O)(CC(=O)O)C(=O)O)[C@@H](O)[C@@H](O)O[C@@H]2CO)[C@H](O)[C@@H](O)[C@H]1O)[C@H]1CCC2C3CC[C@@H]4C[C@H](O)CC[C@]4(C)C3C[C@H](O)[C@@]21C.O=C[C@H](O)[C@@H](O)[C@H](O)CO. The highest BCUT2D eigenvalue weighted by Gasteiger charge is 2.64. The van der Waals surface area contributed by atoms with E-state index in [9.17, 15) is 75.0 Å². The molecule has 0 aromatic carbocycles. The van der Waals surface area contributed by atoms with Crippen molar-refractivity contribution in [1.82, 2.24) is 0 Å². The van der Waals surface area contributed by atoms with Gasteiger partial charge in [-0.15, -0.1) is 0 Å². The lowest BCUT2D eigenvalue weighted by molar-refractivity contribution is -0.356. The standard InChI is InChI=1S/C42H66O20.C5H10O5/c1-18(22-7-8-23-21-6-5-19-12-20(44)10-11-40(19,2)24(21)13-27(45)41(22,23)3)4-9-29(48)58-17-26-31(50)32(51)33(52)38(60-26)62-35-25(16-43)59-37(54)34(53)36(35)61-30(49)15-42(57,39(55)56)14-28(46)47;6-1-3(8)5(10)4(9)2-7/h18-27,31-38,43-45,50-54,57H,4-17H2,1-3H3,(H,46,47)(H,55,56);1,3-5,7-10H,2H2/t18-,19-,20-,21?,22-,23?,24?,25-,26-,27+,31+,32+,33-,34-,35-,36-,37+,38+,40+,41-,42?;3-,4+,5+/m10/s1. The monoisotopic (exact) mass is 1040 g/mol. The van der Waals surface area contributed by atoms with E-state index < -0.39 is 148 Å². The van der Waals surface area contributed by atoms with E-state index in [0.717, 1.165) is 51.4 Å². The number of hydrogen-bond acceptors (Lipinski definition) is 23. The average molecular weight is 1040 g/mol. The molecule has 0 aromatic rings. The Labute approximate surface area is 415 Å². The number of carbonyl (C=O) groups excluding carboxylic acids is 3. The van der Waals surface area contributed by atoms with Crippen LogP contribution in [-0.2, 0) is 47.7 Å². The van der Waals surface area contributed by atoms with Crippen molar-refractivity contribution in [3.8, 4) is 0 Å². The molecule has 2 aliphatic heterocycles. The molecule has 25 heteroatoms. The number of aliphatic hydroxyl groups is 13. The Balaban J connectivity index is 0.000000867. The van der Waals surface area contributed by atoms with Gasteiger partial charge in [-0.2, -0.15) is 0 Å². The molecule has 15 N–H and O–H groups in total. The summed E-state index contributed by atoms with van der Waals surface area (Å²) in [5.41, 5.74) is -3.36. The van der Waals surface area contributed by atoms with Crippen LogP contribution in [0.25, 0.3) is 0 Å². The minimum absolute atomic E-state index is 0.00904. The van der Waals surface area contributed by atoms with Crippen LogP contribution < -0.4 is 0 Å². The number of aliphatic hydroxyl groups excluding tert-OH is 12. The van der Waals surface area contributed by atoms with E-state index in [1.807, 2.05) is 0 Å². The summed E-state index contributed by atoms with van der Waals surface area (Å²) in [6.07, 6.45) is -19.5. The lowest BCUT2D eigenvalue weighted by Crippen LogP contribution is -2.65. The molecule has 0 bridgehead atoms. The molecule has 25 nitrogen and oxygen atoms in total. The zero-order valence-electron chi connectivity index (χ0n) is 40.6. The first kappa shape index (κ1) is 59.8. The molecule has 6 rings (SSSR count). The average Bonchev–Trinajstić information content (AvgIpc) is 3.70. The highest BCUT2D eigenvalue weighted by atomic mass is 16.7. The zero-order chi connectivity index (χ0) is 53.8. The molecule has 0 aromatic heterocycles. The Morgan fingerprint density at radius 1 is 0.792 bits per heavy atom. The topological polar surface area (TPSA) is 435 Å². The first-order valence-electron chi connectivity index (χ1n) is 24.7. The molecule has 4 aliphatic carbocycles. The largest absolute Gasteiger partial charge is 0.481 e. The fraction of sp³-hybridized carbons (Fsp3) is 0.894. The molecule has 0 amide bonds. The number of fused-ring (bicyclic) bond motifs is 5. The van der Waals surface area contributed by atoms with Gasteiger partial charge in [0.05, 0.1) is 38.3 Å². The number of rotatable bonds is 19. The van der Waals surface area contributed by atoms with Gasteiger partial charge in [0.1, 0.15) is 67.6 Å². The number of hydrogen-bond donors (Lipinski definition) is 15. The summed E-state index contributed by atoms with van der Waals surface area (Å²) in [5.74, 6) is -4.13. The van der Waals surface area contributed by atoms with Crippen LogP contribution in [0.1, 0.15) is 97.8 Å². The predicted molar refractivity (Wildman–Crippen MR) is 238 cm³/mol. The lowest BCUT2D eigenvalue weighted by Gasteiger charge is -2.62. The van der Waals surface area contributed by atoms with Crippen molar-refractivity contribution in [2.75, 3.05) is 19.8 Å². The minimum Gasteiger partial charge on any atom is -0.481 e. The first-order chi connectivity index (χ1) is 33.7. The van der Waals surface area contributed by atoms with Crippen LogP contribution in [0.15, 0.2) is 0 Å². The van der Waals surface area contributed by atoms with Gasteiger partial charge in [0.15, 0.2) is 30.6 Å². The number of aliphatic carboxylic acids is 2. The molecular weight excluding hydrogens is 964 g/mol. The van der Waals surface area contributed by atoms with E-state index in [2.05, 4.69) is 20.8 Å². The third kappa shape index (κ3) is 12.8. The van der Waals surface area contributed by atoms with Crippen molar-refractivity contribution in [3.63, 3.8) is 0 Å². The van der Waals surface area contributed by atoms with Gasteiger partial charge in [0.25, 0.3) is 0 Å². The van der Waals surface area contributed by atoms with Gasteiger partial charge in [0.2, 0.25) is 0 Å². The molecule has 4 unspecified atom stereocenters. The molecule has 2 saturated heterocycles. The normalized spacial score (nSPS) is 42.0. The second-order valence-corrected chi connectivity index (χ2v) is 21.3. The van der Waals surface area contributed by atoms with E-state index in [0.29, 0.717) is 30.1 Å². The lowest BCUT2D eigenvalue weighted by atomic mass is 9.43. The summed E-state index contributed by atoms with van der Waals surface area (Å²) in [7, 11) is 0. The summed E-state index contributed by atoms with van der Waals surface area (Å²) in [5, 5.41) is 148. The highest BCUT2D eigenvalue weighted by molar-refractivity contribution is 5.88. The molecule has 0 radical (unpaired) electrons. The molecule has 6 aliphatic rings. The fourth-order valence-electron chi connectivity index (χ4n) is 12.9. The van der Waals surface area contributed by atoms with Crippen LogP contribution in [0.3, 0.4) is 0 Å². The maximum Gasteiger partial charge on any atom is 0.336 e. The van der Waals surface area contributed by atoms with Crippen LogP contribution in [0.4, 0.5) is 0 Å². The molecule has 4 saturated carbocycles. The van der Waals surface area contributed by atoms with Crippen molar-refractivity contribution < 1.29 is 124 Å². The molecule has 24 atom stereocenters. The van der Waals surface area contributed by atoms with Gasteiger partial charge in [0, 0.05) is 6.42 Å². The number of carboxylic acid groups (broad SMARTS) is 2. The minimum atomic E-state index is -3.14. The fourth-order valence-corrected chi connectivity index (χ4v) is 12.9. The van der Waals surface area contributed by atoms with Crippen LogP contribution in [0.2, 0.25) is 0 Å². The zero-order valence-corrected chi connectivity index (χ0v) is 40.6. The third-order valence-electron chi connectivity index (χ3n) is 17.1. The first-order valence-corrected chi connectivity index (χ1v) is 24.7. The van der Waals surface area contributed by atoms with Gasteiger partial charge in [-0.1, -0.05) is 20.8 Å². The highest BCUT2D eigenvalue weighted by Crippen LogP contribution is 2.68. The number of aldehydes is 1. The summed E-state index contributed by atoms with van der Waals surface area (Å²) >= 11 is 0. The molecule has 6 fully saturated rings. The van der Waals surface area contributed by atoms with Crippen molar-refractivity contribution in [2.24, 2.45) is 46.3 Å². The van der Waals surface area contributed by atoms with Gasteiger partial charge < -0.3 is 105 Å². The maximum atomic E-state index is 13.2. The number of ether oxygens (including phenoxy) is 5. The third-order valence-corrected chi connectivity index (χ3v) is 17.1. The number of carbonyl (C=O) groups is 5. The van der Waals surface area contributed by atoms with E-state index in [-0.39, 0.29) is 41.5 Å².